The number of carbonyl (C=O) groups excluding carboxylic acids is 4. The number of nitrogens with zero attached hydrogens (tertiary/aromatic N) is 1. The summed E-state index contributed by atoms with van der Waals surface area (Å²) in [6, 6.07) is 6.47. The number of hydrogen-bond acceptors (Lipinski definition) is 5. The van der Waals surface area contributed by atoms with E-state index in [1.165, 1.54) is 11.0 Å². The third-order valence-electron chi connectivity index (χ3n) is 6.46. The fourth-order valence-corrected chi connectivity index (χ4v) is 4.91. The van der Waals surface area contributed by atoms with Crippen LogP contribution in [-0.2, 0) is 19.1 Å². The number of benzene rings is 1. The molecule has 1 saturated heterocycles. The van der Waals surface area contributed by atoms with E-state index in [9.17, 15) is 19.2 Å². The molecule has 148 valence electrons. The van der Waals surface area contributed by atoms with Gasteiger partial charge in [0.2, 0.25) is 11.8 Å². The van der Waals surface area contributed by atoms with Crippen molar-refractivity contribution in [1.29, 1.82) is 0 Å². The Morgan fingerprint density at radius 2 is 1.61 bits per heavy atom. The molecule has 2 aliphatic carbocycles. The molecule has 2 amide bonds. The predicted molar refractivity (Wildman–Crippen MR) is 101 cm³/mol. The number of Topliss-reactive ketones (excluding diaryl/α,β-unsaturated/α-hetero) is 1. The lowest BCUT2D eigenvalue weighted by Gasteiger charge is -2.20. The van der Waals surface area contributed by atoms with E-state index in [1.807, 2.05) is 0 Å². The van der Waals surface area contributed by atoms with E-state index in [-0.39, 0.29) is 59.1 Å². The highest BCUT2D eigenvalue weighted by Gasteiger charge is 2.61. The van der Waals surface area contributed by atoms with Crippen LogP contribution in [0.4, 0.5) is 5.69 Å². The van der Waals surface area contributed by atoms with Gasteiger partial charge in [-0.3, -0.25) is 14.4 Å². The van der Waals surface area contributed by atoms with E-state index in [0.717, 1.165) is 19.3 Å². The molecule has 3 fully saturated rings. The summed E-state index contributed by atoms with van der Waals surface area (Å²) in [5.74, 6) is -1.25. The second kappa shape index (κ2) is 6.54. The second-order valence-corrected chi connectivity index (χ2v) is 9.16. The van der Waals surface area contributed by atoms with Crippen molar-refractivity contribution >= 4 is 29.3 Å². The maximum absolute atomic E-state index is 13.1. The van der Waals surface area contributed by atoms with Crippen molar-refractivity contribution in [2.24, 2.45) is 29.1 Å². The number of fused-ring (bicyclic) bond motifs is 5. The summed E-state index contributed by atoms with van der Waals surface area (Å²) in [6.07, 6.45) is 2.95. The molecule has 4 rings (SSSR count). The monoisotopic (exact) mass is 383 g/mol. The highest BCUT2D eigenvalue weighted by Crippen LogP contribution is 2.56. The van der Waals surface area contributed by atoms with E-state index in [0.29, 0.717) is 0 Å². The van der Waals surface area contributed by atoms with Gasteiger partial charge in [-0.15, -0.1) is 0 Å². The molecule has 2 bridgehead atoms. The number of anilines is 1. The van der Waals surface area contributed by atoms with Crippen LogP contribution in [0.2, 0.25) is 0 Å². The Hall–Kier alpha value is -2.50. The van der Waals surface area contributed by atoms with Crippen LogP contribution in [-0.4, -0.2) is 30.2 Å². The van der Waals surface area contributed by atoms with Gasteiger partial charge in [-0.05, 0) is 43.2 Å². The smallest absolute Gasteiger partial charge is 0.340 e. The van der Waals surface area contributed by atoms with Gasteiger partial charge in [-0.2, -0.15) is 0 Å². The van der Waals surface area contributed by atoms with Gasteiger partial charge in [-0.1, -0.05) is 32.9 Å². The van der Waals surface area contributed by atoms with Gasteiger partial charge in [0.1, 0.15) is 0 Å². The zero-order chi connectivity index (χ0) is 20.2. The van der Waals surface area contributed by atoms with Gasteiger partial charge in [0.15, 0.2) is 12.4 Å². The third kappa shape index (κ3) is 2.86. The largest absolute Gasteiger partial charge is 0.454 e. The summed E-state index contributed by atoms with van der Waals surface area (Å²) in [5.41, 5.74) is -0.213. The molecule has 1 aromatic rings. The summed E-state index contributed by atoms with van der Waals surface area (Å²) in [5, 5.41) is 0. The first-order valence-electron chi connectivity index (χ1n) is 9.87. The van der Waals surface area contributed by atoms with Gasteiger partial charge in [0.05, 0.1) is 23.1 Å². The fraction of sp³-hybridized carbons (Fsp3) is 0.545. The summed E-state index contributed by atoms with van der Waals surface area (Å²) in [6.45, 7) is 4.93. The average molecular weight is 383 g/mol. The zero-order valence-electron chi connectivity index (χ0n) is 16.4. The summed E-state index contributed by atoms with van der Waals surface area (Å²) in [7, 11) is 0. The number of ketones is 1. The van der Waals surface area contributed by atoms with Gasteiger partial charge in [-0.25, -0.2) is 9.69 Å². The quantitative estimate of drug-likeness (QED) is 0.590. The first-order chi connectivity index (χ1) is 13.2. The molecule has 4 atom stereocenters. The minimum Gasteiger partial charge on any atom is -0.454 e. The predicted octanol–water partition coefficient (Wildman–Crippen LogP) is 2.99. The van der Waals surface area contributed by atoms with E-state index in [1.54, 1.807) is 39.0 Å². The summed E-state index contributed by atoms with van der Waals surface area (Å²) < 4.78 is 5.20. The molecule has 6 heteroatoms. The molecule has 3 aliphatic rings. The number of carbonyl (C=O) groups is 4. The SMILES string of the molecule is CC(C)(C)C(=O)COC(=O)c1ccccc1N1C(=O)[C@H]2[C@@H]3CC[C@@H](C3)[C@@H]2C1=O. The molecule has 0 spiro atoms. The molecule has 0 aromatic heterocycles. The maximum atomic E-state index is 13.1. The Labute approximate surface area is 164 Å². The van der Waals surface area contributed by atoms with Crippen molar-refractivity contribution in [2.45, 2.75) is 40.0 Å². The number of hydrogen-bond donors (Lipinski definition) is 0. The van der Waals surface area contributed by atoms with Crippen molar-refractivity contribution in [1.82, 2.24) is 0 Å². The van der Waals surface area contributed by atoms with Crippen molar-refractivity contribution in [3.05, 3.63) is 29.8 Å². The molecular formula is C22H25NO5. The maximum Gasteiger partial charge on any atom is 0.340 e. The van der Waals surface area contributed by atoms with Crippen molar-refractivity contribution in [2.75, 3.05) is 11.5 Å². The van der Waals surface area contributed by atoms with E-state index >= 15 is 0 Å². The minimum atomic E-state index is -0.700. The molecule has 1 aliphatic heterocycles. The normalized spacial score (nSPS) is 28.6. The minimum absolute atomic E-state index is 0.137. The van der Waals surface area contributed by atoms with Crippen molar-refractivity contribution in [3.8, 4) is 0 Å². The first-order valence-corrected chi connectivity index (χ1v) is 9.87. The molecular weight excluding hydrogens is 358 g/mol. The topological polar surface area (TPSA) is 80.8 Å². The third-order valence-corrected chi connectivity index (χ3v) is 6.46. The first kappa shape index (κ1) is 18.8. The molecule has 6 nitrogen and oxygen atoms in total. The summed E-state index contributed by atoms with van der Waals surface area (Å²) in [4.78, 5) is 52.0. The van der Waals surface area contributed by atoms with Gasteiger partial charge >= 0.3 is 5.97 Å². The number of esters is 1. The lowest BCUT2D eigenvalue weighted by molar-refractivity contribution is -0.129. The molecule has 0 N–H and O–H groups in total. The highest BCUT2D eigenvalue weighted by atomic mass is 16.5. The molecule has 1 heterocycles. The van der Waals surface area contributed by atoms with Crippen LogP contribution in [0, 0.1) is 29.1 Å². The second-order valence-electron chi connectivity index (χ2n) is 9.16. The molecule has 0 radical (unpaired) electrons. The number of rotatable bonds is 4. The Morgan fingerprint density at radius 3 is 2.18 bits per heavy atom. The highest BCUT2D eigenvalue weighted by molar-refractivity contribution is 6.24. The van der Waals surface area contributed by atoms with Crippen LogP contribution >= 0.6 is 0 Å². The zero-order valence-corrected chi connectivity index (χ0v) is 16.4. The van der Waals surface area contributed by atoms with E-state index in [4.69, 9.17) is 4.74 Å². The molecule has 0 unspecified atom stereocenters. The number of para-hydroxylation sites is 1. The fourth-order valence-electron chi connectivity index (χ4n) is 4.91. The lowest BCUT2D eigenvalue weighted by Crippen LogP contribution is -2.34. The van der Waals surface area contributed by atoms with Crippen LogP contribution in [0.15, 0.2) is 24.3 Å². The van der Waals surface area contributed by atoms with Gasteiger partial charge in [0, 0.05) is 5.41 Å². The average Bonchev–Trinajstić information content (AvgIpc) is 3.32. The van der Waals surface area contributed by atoms with Crippen LogP contribution in [0.5, 0.6) is 0 Å². The summed E-state index contributed by atoms with van der Waals surface area (Å²) >= 11 is 0. The van der Waals surface area contributed by atoms with Crippen LogP contribution < -0.4 is 4.90 Å². The number of imide groups is 1. The van der Waals surface area contributed by atoms with Gasteiger partial charge < -0.3 is 4.74 Å². The van der Waals surface area contributed by atoms with Crippen molar-refractivity contribution < 1.29 is 23.9 Å². The molecule has 28 heavy (non-hydrogen) atoms. The molecule has 2 saturated carbocycles. The standard InChI is InChI=1S/C22H25NO5/c1-22(2,3)16(24)11-28-21(27)14-6-4-5-7-15(14)23-19(25)17-12-8-9-13(10-12)18(17)20(23)26/h4-7,12-13,17-18H,8-11H2,1-3H3/t12-,13+,17-,18-/m0/s1. The van der Waals surface area contributed by atoms with Crippen LogP contribution in [0.3, 0.4) is 0 Å². The Balaban J connectivity index is 1.58. The number of ether oxygens (including phenoxy) is 1. The Morgan fingerprint density at radius 1 is 1.04 bits per heavy atom. The molecule has 1 aromatic carbocycles. The lowest BCUT2D eigenvalue weighted by atomic mass is 9.81. The van der Waals surface area contributed by atoms with Crippen molar-refractivity contribution in [3.63, 3.8) is 0 Å². The van der Waals surface area contributed by atoms with E-state index < -0.39 is 11.4 Å². The Bertz CT molecular complexity index is 840. The number of amides is 2. The Kier molecular flexibility index (Phi) is 4.40. The van der Waals surface area contributed by atoms with E-state index in [2.05, 4.69) is 0 Å². The van der Waals surface area contributed by atoms with Crippen LogP contribution in [0.1, 0.15) is 50.4 Å². The van der Waals surface area contributed by atoms with Gasteiger partial charge in [0.25, 0.3) is 0 Å². The van der Waals surface area contributed by atoms with Crippen LogP contribution in [0.25, 0.3) is 0 Å².